The number of ketones is 1. The van der Waals surface area contributed by atoms with Crippen LogP contribution >= 0.6 is 0 Å². The van der Waals surface area contributed by atoms with Gasteiger partial charge in [0.1, 0.15) is 17.8 Å². The van der Waals surface area contributed by atoms with E-state index in [0.29, 0.717) is 11.1 Å². The molecule has 0 heterocycles. The highest BCUT2D eigenvalue weighted by atomic mass is 16.3. The van der Waals surface area contributed by atoms with Crippen LogP contribution in [-0.2, 0) is 22.4 Å². The van der Waals surface area contributed by atoms with Gasteiger partial charge >= 0.3 is 0 Å². The zero-order valence-corrected chi connectivity index (χ0v) is 7.99. The van der Waals surface area contributed by atoms with E-state index in [9.17, 15) is 14.7 Å². The first kappa shape index (κ1) is 10.4. The van der Waals surface area contributed by atoms with Crippen LogP contribution in [0.1, 0.15) is 18.1 Å². The Morgan fingerprint density at radius 1 is 1.43 bits per heavy atom. The quantitative estimate of drug-likeness (QED) is 0.731. The molecule has 74 valence electrons. The van der Waals surface area contributed by atoms with Crippen LogP contribution < -0.4 is 0 Å². The minimum absolute atomic E-state index is 0.0106. The first-order chi connectivity index (χ1) is 6.65. The number of carbonyl (C=O) groups is 2. The van der Waals surface area contributed by atoms with Gasteiger partial charge in [-0.2, -0.15) is 0 Å². The number of aldehydes is 1. The van der Waals surface area contributed by atoms with Crippen molar-refractivity contribution in [3.8, 4) is 5.75 Å². The van der Waals surface area contributed by atoms with Crippen LogP contribution in [0.2, 0.25) is 0 Å². The Kier molecular flexibility index (Phi) is 3.40. The van der Waals surface area contributed by atoms with E-state index in [4.69, 9.17) is 0 Å². The van der Waals surface area contributed by atoms with Crippen molar-refractivity contribution in [1.82, 2.24) is 0 Å². The summed E-state index contributed by atoms with van der Waals surface area (Å²) in [6.07, 6.45) is 1.11. The fraction of sp³-hybridized carbons (Fsp3) is 0.273. The molecule has 0 amide bonds. The van der Waals surface area contributed by atoms with Gasteiger partial charge in [0.25, 0.3) is 0 Å². The van der Waals surface area contributed by atoms with E-state index in [-0.39, 0.29) is 24.4 Å². The predicted molar refractivity (Wildman–Crippen MR) is 52.3 cm³/mol. The van der Waals surface area contributed by atoms with Crippen molar-refractivity contribution >= 4 is 12.1 Å². The van der Waals surface area contributed by atoms with Crippen molar-refractivity contribution in [2.24, 2.45) is 0 Å². The highest BCUT2D eigenvalue weighted by Gasteiger charge is 2.07. The summed E-state index contributed by atoms with van der Waals surface area (Å²) in [4.78, 5) is 21.1. The Morgan fingerprint density at radius 3 is 2.64 bits per heavy atom. The van der Waals surface area contributed by atoms with E-state index >= 15 is 0 Å². The van der Waals surface area contributed by atoms with Gasteiger partial charge in [-0.25, -0.2) is 0 Å². The molecule has 0 unspecified atom stereocenters. The average molecular weight is 192 g/mol. The van der Waals surface area contributed by atoms with Gasteiger partial charge in [-0.15, -0.1) is 0 Å². The third-order valence-corrected chi connectivity index (χ3v) is 1.95. The number of carbonyl (C=O) groups excluding carboxylic acids is 2. The summed E-state index contributed by atoms with van der Waals surface area (Å²) in [7, 11) is 0. The molecular formula is C11H12O3. The second kappa shape index (κ2) is 4.56. The molecule has 0 bridgehead atoms. The minimum atomic E-state index is -0.0106. The second-order valence-electron chi connectivity index (χ2n) is 3.17. The van der Waals surface area contributed by atoms with E-state index < -0.39 is 0 Å². The Bertz CT molecular complexity index is 356. The minimum Gasteiger partial charge on any atom is -0.507 e. The number of Topliss-reactive ketones (excluding diaryl/α,β-unsaturated/α-hetero) is 1. The number of benzene rings is 1. The largest absolute Gasteiger partial charge is 0.507 e. The summed E-state index contributed by atoms with van der Waals surface area (Å²) in [6, 6.07) is 5.09. The van der Waals surface area contributed by atoms with Gasteiger partial charge in [-0.3, -0.25) is 4.79 Å². The molecule has 0 atom stereocenters. The van der Waals surface area contributed by atoms with Gasteiger partial charge in [0.05, 0.1) is 0 Å². The van der Waals surface area contributed by atoms with Crippen molar-refractivity contribution < 1.29 is 14.7 Å². The van der Waals surface area contributed by atoms with Crippen LogP contribution in [0.15, 0.2) is 18.2 Å². The van der Waals surface area contributed by atoms with Crippen LogP contribution in [0.3, 0.4) is 0 Å². The molecule has 0 aliphatic carbocycles. The lowest BCUT2D eigenvalue weighted by Gasteiger charge is -2.05. The third kappa shape index (κ3) is 2.42. The molecule has 1 N–H and O–H groups in total. The van der Waals surface area contributed by atoms with Crippen molar-refractivity contribution in [3.05, 3.63) is 29.3 Å². The molecule has 0 saturated carbocycles. The fourth-order valence-corrected chi connectivity index (χ4v) is 1.31. The topological polar surface area (TPSA) is 54.4 Å². The molecule has 1 rings (SSSR count). The van der Waals surface area contributed by atoms with Crippen molar-refractivity contribution in [2.75, 3.05) is 0 Å². The first-order valence-electron chi connectivity index (χ1n) is 4.38. The normalized spacial score (nSPS) is 9.79. The lowest BCUT2D eigenvalue weighted by molar-refractivity contribution is -0.116. The number of hydrogen-bond donors (Lipinski definition) is 1. The Morgan fingerprint density at radius 2 is 2.07 bits per heavy atom. The monoisotopic (exact) mass is 192 g/mol. The van der Waals surface area contributed by atoms with Gasteiger partial charge in [-0.05, 0) is 6.92 Å². The smallest absolute Gasteiger partial charge is 0.134 e. The van der Waals surface area contributed by atoms with Gasteiger partial charge in [0.2, 0.25) is 0 Å². The molecule has 14 heavy (non-hydrogen) atoms. The number of aromatic hydroxyl groups is 1. The number of phenols is 1. The lowest BCUT2D eigenvalue weighted by Crippen LogP contribution is -1.98. The summed E-state index contributed by atoms with van der Waals surface area (Å²) >= 11 is 0. The van der Waals surface area contributed by atoms with E-state index in [1.807, 2.05) is 0 Å². The van der Waals surface area contributed by atoms with Crippen LogP contribution in [0.5, 0.6) is 5.75 Å². The molecule has 0 saturated heterocycles. The highest BCUT2D eigenvalue weighted by molar-refractivity contribution is 5.79. The molecular weight excluding hydrogens is 180 g/mol. The van der Waals surface area contributed by atoms with E-state index in [1.165, 1.54) is 6.92 Å². The standard InChI is InChI=1S/C11H12O3/c1-8(13)7-10-4-2-3-9(5-6-12)11(10)14/h2-4,6,14H,5,7H2,1H3. The Labute approximate surface area is 82.4 Å². The molecule has 1 aromatic carbocycles. The molecule has 3 heteroatoms. The summed E-state index contributed by atoms with van der Waals surface area (Å²) in [5.41, 5.74) is 1.15. The van der Waals surface area contributed by atoms with Crippen LogP contribution in [-0.4, -0.2) is 17.2 Å². The number of hydrogen-bond acceptors (Lipinski definition) is 3. The lowest BCUT2D eigenvalue weighted by atomic mass is 10.0. The SMILES string of the molecule is CC(=O)Cc1cccc(CC=O)c1O. The molecule has 0 radical (unpaired) electrons. The number of phenolic OH excluding ortho intramolecular Hbond substituents is 1. The summed E-state index contributed by atoms with van der Waals surface area (Å²) < 4.78 is 0. The second-order valence-corrected chi connectivity index (χ2v) is 3.17. The zero-order valence-electron chi connectivity index (χ0n) is 7.99. The van der Waals surface area contributed by atoms with Crippen LogP contribution in [0.25, 0.3) is 0 Å². The Balaban J connectivity index is 3.00. The first-order valence-corrected chi connectivity index (χ1v) is 4.38. The number of rotatable bonds is 4. The van der Waals surface area contributed by atoms with E-state index in [2.05, 4.69) is 0 Å². The molecule has 0 aliphatic heterocycles. The molecule has 0 spiro atoms. The zero-order chi connectivity index (χ0) is 10.6. The summed E-state index contributed by atoms with van der Waals surface area (Å²) in [5.74, 6) is 0.0540. The molecule has 0 aliphatic rings. The molecule has 0 fully saturated rings. The maximum atomic E-state index is 10.9. The summed E-state index contributed by atoms with van der Waals surface area (Å²) in [5, 5.41) is 9.66. The van der Waals surface area contributed by atoms with Crippen molar-refractivity contribution in [2.45, 2.75) is 19.8 Å². The summed E-state index contributed by atoms with van der Waals surface area (Å²) in [6.45, 7) is 1.46. The maximum Gasteiger partial charge on any atom is 0.134 e. The van der Waals surface area contributed by atoms with Crippen LogP contribution in [0, 0.1) is 0 Å². The highest BCUT2D eigenvalue weighted by Crippen LogP contribution is 2.22. The van der Waals surface area contributed by atoms with E-state index in [0.717, 1.165) is 6.29 Å². The van der Waals surface area contributed by atoms with Gasteiger partial charge < -0.3 is 9.90 Å². The van der Waals surface area contributed by atoms with E-state index in [1.54, 1.807) is 18.2 Å². The van der Waals surface area contributed by atoms with Gasteiger partial charge in [-0.1, -0.05) is 18.2 Å². The fourth-order valence-electron chi connectivity index (χ4n) is 1.31. The average Bonchev–Trinajstić information content (AvgIpc) is 2.11. The molecule has 3 nitrogen and oxygen atoms in total. The van der Waals surface area contributed by atoms with Gasteiger partial charge in [0, 0.05) is 24.0 Å². The molecule has 1 aromatic rings. The number of para-hydroxylation sites is 1. The van der Waals surface area contributed by atoms with Gasteiger partial charge in [0.15, 0.2) is 0 Å². The molecule has 0 aromatic heterocycles. The van der Waals surface area contributed by atoms with Crippen LogP contribution in [0.4, 0.5) is 0 Å². The van der Waals surface area contributed by atoms with Crippen molar-refractivity contribution in [3.63, 3.8) is 0 Å². The third-order valence-electron chi connectivity index (χ3n) is 1.95. The predicted octanol–water partition coefficient (Wildman–Crippen LogP) is 1.27. The Hall–Kier alpha value is -1.64. The maximum absolute atomic E-state index is 10.9. The van der Waals surface area contributed by atoms with Crippen molar-refractivity contribution in [1.29, 1.82) is 0 Å².